The summed E-state index contributed by atoms with van der Waals surface area (Å²) < 4.78 is 10.1. The van der Waals surface area contributed by atoms with Crippen LogP contribution in [0.5, 0.6) is 0 Å². The fourth-order valence-electron chi connectivity index (χ4n) is 2.70. The van der Waals surface area contributed by atoms with Gasteiger partial charge in [-0.3, -0.25) is 4.79 Å². The lowest BCUT2D eigenvalue weighted by atomic mass is 9.92. The number of rotatable bonds is 5. The van der Waals surface area contributed by atoms with Gasteiger partial charge in [-0.1, -0.05) is 13.0 Å². The van der Waals surface area contributed by atoms with Crippen LogP contribution in [-0.2, 0) is 14.3 Å². The molecule has 0 bridgehead atoms. The molecular formula is C16H24N2O3. The number of anilines is 2. The van der Waals surface area contributed by atoms with Gasteiger partial charge in [-0.25, -0.2) is 0 Å². The molecule has 1 atom stereocenters. The average Bonchev–Trinajstić information content (AvgIpc) is 2.53. The zero-order valence-electron chi connectivity index (χ0n) is 12.8. The molecule has 5 heteroatoms. The first-order valence-corrected chi connectivity index (χ1v) is 7.44. The van der Waals surface area contributed by atoms with E-state index in [0.717, 1.165) is 49.7 Å². The van der Waals surface area contributed by atoms with Crippen molar-refractivity contribution in [1.82, 2.24) is 0 Å². The Hall–Kier alpha value is -1.75. The first kappa shape index (κ1) is 15.6. The van der Waals surface area contributed by atoms with Crippen LogP contribution < -0.4 is 10.6 Å². The van der Waals surface area contributed by atoms with E-state index < -0.39 is 0 Å². The second-order valence-electron chi connectivity index (χ2n) is 5.30. The van der Waals surface area contributed by atoms with E-state index in [1.165, 1.54) is 7.11 Å². The molecule has 1 aromatic carbocycles. The lowest BCUT2D eigenvalue weighted by molar-refractivity contribution is -0.141. The van der Waals surface area contributed by atoms with Gasteiger partial charge in [0.1, 0.15) is 0 Å². The van der Waals surface area contributed by atoms with E-state index in [1.54, 1.807) is 0 Å². The molecule has 0 saturated carbocycles. The number of carbonyl (C=O) groups is 1. The summed E-state index contributed by atoms with van der Waals surface area (Å²) in [7, 11) is 1.42. The van der Waals surface area contributed by atoms with E-state index in [2.05, 4.69) is 24.0 Å². The van der Waals surface area contributed by atoms with E-state index in [0.29, 0.717) is 6.42 Å². The number of nitrogens with two attached hydrogens (primary N) is 1. The predicted molar refractivity (Wildman–Crippen MR) is 83.6 cm³/mol. The molecule has 2 rings (SSSR count). The minimum absolute atomic E-state index is 0.151. The summed E-state index contributed by atoms with van der Waals surface area (Å²) in [4.78, 5) is 13.7. The quantitative estimate of drug-likeness (QED) is 0.665. The highest BCUT2D eigenvalue weighted by molar-refractivity contribution is 5.72. The van der Waals surface area contributed by atoms with Crippen molar-refractivity contribution in [1.29, 1.82) is 0 Å². The summed E-state index contributed by atoms with van der Waals surface area (Å²) in [6, 6.07) is 6.11. The molecule has 21 heavy (non-hydrogen) atoms. The van der Waals surface area contributed by atoms with Crippen molar-refractivity contribution >= 4 is 17.3 Å². The Morgan fingerprint density at radius 2 is 2.14 bits per heavy atom. The molecule has 1 unspecified atom stereocenters. The summed E-state index contributed by atoms with van der Waals surface area (Å²) in [5, 5.41) is 0. The molecule has 116 valence electrons. The van der Waals surface area contributed by atoms with E-state index >= 15 is 0 Å². The van der Waals surface area contributed by atoms with Gasteiger partial charge in [-0.15, -0.1) is 0 Å². The van der Waals surface area contributed by atoms with Crippen LogP contribution in [0.2, 0.25) is 0 Å². The van der Waals surface area contributed by atoms with Gasteiger partial charge in [0.05, 0.1) is 38.1 Å². The van der Waals surface area contributed by atoms with Crippen molar-refractivity contribution in [3.8, 4) is 0 Å². The molecule has 5 nitrogen and oxygen atoms in total. The predicted octanol–water partition coefficient (Wildman–Crippen LogP) is 2.16. The maximum atomic E-state index is 11.5. The van der Waals surface area contributed by atoms with Crippen molar-refractivity contribution in [3.63, 3.8) is 0 Å². The Labute approximate surface area is 126 Å². The fraction of sp³-hybridized carbons (Fsp3) is 0.562. The van der Waals surface area contributed by atoms with Crippen LogP contribution in [0.1, 0.15) is 31.2 Å². The Kier molecular flexibility index (Phi) is 5.44. The molecule has 1 saturated heterocycles. The van der Waals surface area contributed by atoms with E-state index in [-0.39, 0.29) is 11.9 Å². The van der Waals surface area contributed by atoms with Crippen molar-refractivity contribution < 1.29 is 14.3 Å². The first-order chi connectivity index (χ1) is 10.2. The maximum Gasteiger partial charge on any atom is 0.306 e. The number of hydrogen-bond donors (Lipinski definition) is 1. The number of esters is 1. The zero-order chi connectivity index (χ0) is 15.2. The van der Waals surface area contributed by atoms with Gasteiger partial charge < -0.3 is 20.1 Å². The van der Waals surface area contributed by atoms with Gasteiger partial charge in [0.2, 0.25) is 0 Å². The Bertz CT molecular complexity index is 484. The Morgan fingerprint density at radius 1 is 1.43 bits per heavy atom. The number of morpholine rings is 1. The van der Waals surface area contributed by atoms with Crippen LogP contribution in [-0.4, -0.2) is 39.4 Å². The normalized spacial score (nSPS) is 16.6. The molecule has 2 N–H and O–H groups in total. The van der Waals surface area contributed by atoms with Gasteiger partial charge in [-0.05, 0) is 30.0 Å². The van der Waals surface area contributed by atoms with E-state index in [9.17, 15) is 4.79 Å². The van der Waals surface area contributed by atoms with Gasteiger partial charge in [-0.2, -0.15) is 0 Å². The summed E-state index contributed by atoms with van der Waals surface area (Å²) in [6.45, 7) is 5.27. The molecule has 0 aliphatic carbocycles. The maximum absolute atomic E-state index is 11.5. The van der Waals surface area contributed by atoms with Gasteiger partial charge in [0, 0.05) is 13.1 Å². The molecule has 1 aromatic rings. The first-order valence-electron chi connectivity index (χ1n) is 7.44. The molecule has 0 aromatic heterocycles. The number of ether oxygens (including phenoxy) is 2. The topological polar surface area (TPSA) is 64.8 Å². The number of benzene rings is 1. The molecule has 1 aliphatic heterocycles. The lowest BCUT2D eigenvalue weighted by Crippen LogP contribution is -2.36. The monoisotopic (exact) mass is 292 g/mol. The van der Waals surface area contributed by atoms with Gasteiger partial charge in [0.15, 0.2) is 0 Å². The lowest BCUT2D eigenvalue weighted by Gasteiger charge is -2.30. The van der Waals surface area contributed by atoms with Crippen molar-refractivity contribution in [2.24, 2.45) is 0 Å². The highest BCUT2D eigenvalue weighted by Crippen LogP contribution is 2.31. The molecular weight excluding hydrogens is 268 g/mol. The SMILES string of the molecule is CCC(CC(=O)OC)c1ccc(N2CCOCC2)c(N)c1. The van der Waals surface area contributed by atoms with Crippen LogP contribution in [0.4, 0.5) is 11.4 Å². The number of nitrogen functional groups attached to an aromatic ring is 1. The number of carbonyl (C=O) groups excluding carboxylic acids is 1. The van der Waals surface area contributed by atoms with Crippen molar-refractivity contribution in [2.75, 3.05) is 44.0 Å². The van der Waals surface area contributed by atoms with Crippen LogP contribution >= 0.6 is 0 Å². The number of nitrogens with zero attached hydrogens (tertiary/aromatic N) is 1. The molecule has 0 radical (unpaired) electrons. The van der Waals surface area contributed by atoms with Gasteiger partial charge in [0.25, 0.3) is 0 Å². The number of methoxy groups -OCH3 is 1. The zero-order valence-corrected chi connectivity index (χ0v) is 12.8. The van der Waals surface area contributed by atoms with Crippen LogP contribution in [0.3, 0.4) is 0 Å². The summed E-state index contributed by atoms with van der Waals surface area (Å²) in [5.41, 5.74) is 9.12. The Balaban J connectivity index is 2.14. The van der Waals surface area contributed by atoms with Crippen molar-refractivity contribution in [3.05, 3.63) is 23.8 Å². The van der Waals surface area contributed by atoms with Crippen molar-refractivity contribution in [2.45, 2.75) is 25.7 Å². The van der Waals surface area contributed by atoms with E-state index in [1.807, 2.05) is 6.07 Å². The molecule has 1 aliphatic rings. The minimum atomic E-state index is -0.183. The largest absolute Gasteiger partial charge is 0.469 e. The van der Waals surface area contributed by atoms with Gasteiger partial charge >= 0.3 is 5.97 Å². The Morgan fingerprint density at radius 3 is 2.71 bits per heavy atom. The van der Waals surface area contributed by atoms with E-state index in [4.69, 9.17) is 15.2 Å². The average molecular weight is 292 g/mol. The standard InChI is InChI=1S/C16H24N2O3/c1-3-12(11-16(19)20-2)13-4-5-15(14(17)10-13)18-6-8-21-9-7-18/h4-5,10,12H,3,6-9,11,17H2,1-2H3. The highest BCUT2D eigenvalue weighted by atomic mass is 16.5. The molecule has 1 fully saturated rings. The third-order valence-electron chi connectivity index (χ3n) is 4.01. The molecule has 0 spiro atoms. The second-order valence-corrected chi connectivity index (χ2v) is 5.30. The third kappa shape index (κ3) is 3.88. The summed E-state index contributed by atoms with van der Waals surface area (Å²) in [5.74, 6) is -0.0313. The number of hydrogen-bond acceptors (Lipinski definition) is 5. The van der Waals surface area contributed by atoms with Crippen LogP contribution in [0.25, 0.3) is 0 Å². The smallest absolute Gasteiger partial charge is 0.306 e. The molecule has 1 heterocycles. The fourth-order valence-corrected chi connectivity index (χ4v) is 2.70. The minimum Gasteiger partial charge on any atom is -0.469 e. The van der Waals surface area contributed by atoms with Crippen LogP contribution in [0.15, 0.2) is 18.2 Å². The third-order valence-corrected chi connectivity index (χ3v) is 4.01. The highest BCUT2D eigenvalue weighted by Gasteiger charge is 2.18. The summed E-state index contributed by atoms with van der Waals surface area (Å²) in [6.07, 6.45) is 1.27. The summed E-state index contributed by atoms with van der Waals surface area (Å²) >= 11 is 0. The molecule has 0 amide bonds. The second kappa shape index (κ2) is 7.31. The van der Waals surface area contributed by atoms with Crippen LogP contribution in [0, 0.1) is 0 Å².